The molecule has 1 saturated heterocycles. The van der Waals surface area contributed by atoms with E-state index in [0.29, 0.717) is 6.54 Å². The van der Waals surface area contributed by atoms with Crippen LogP contribution in [0, 0.1) is 5.92 Å². The Morgan fingerprint density at radius 3 is 2.68 bits per heavy atom. The Morgan fingerprint density at radius 1 is 1.32 bits per heavy atom. The summed E-state index contributed by atoms with van der Waals surface area (Å²) < 4.78 is 5.25. The highest BCUT2D eigenvalue weighted by atomic mass is 32.1. The molecule has 0 radical (unpaired) electrons. The zero-order chi connectivity index (χ0) is 20.1. The molecule has 0 aliphatic carbocycles. The molecule has 2 aromatic rings. The fourth-order valence-electron chi connectivity index (χ4n) is 3.76. The first-order chi connectivity index (χ1) is 13.5. The van der Waals surface area contributed by atoms with Crippen LogP contribution in [0.4, 0.5) is 0 Å². The Labute approximate surface area is 170 Å². The smallest absolute Gasteiger partial charge is 0.226 e. The summed E-state index contributed by atoms with van der Waals surface area (Å²) in [6.45, 7) is 4.77. The number of nitrogens with one attached hydrogen (secondary N) is 1. The second-order valence-electron chi connectivity index (χ2n) is 7.21. The van der Waals surface area contributed by atoms with Crippen LogP contribution in [0.5, 0.6) is 5.75 Å². The topological polar surface area (TPSA) is 58.6 Å². The molecule has 3 rings (SSSR count). The van der Waals surface area contributed by atoms with Crippen LogP contribution in [-0.2, 0) is 9.59 Å². The van der Waals surface area contributed by atoms with Crippen molar-refractivity contribution in [1.82, 2.24) is 10.2 Å². The van der Waals surface area contributed by atoms with Gasteiger partial charge >= 0.3 is 0 Å². The highest BCUT2D eigenvalue weighted by Gasteiger charge is 2.44. The molecule has 1 aromatic heterocycles. The number of amides is 2. The molecule has 150 valence electrons. The molecule has 1 aromatic carbocycles. The lowest BCUT2D eigenvalue weighted by Crippen LogP contribution is -2.37. The summed E-state index contributed by atoms with van der Waals surface area (Å²) in [4.78, 5) is 28.8. The van der Waals surface area contributed by atoms with Crippen LogP contribution in [0.2, 0.25) is 0 Å². The van der Waals surface area contributed by atoms with Gasteiger partial charge in [-0.3, -0.25) is 9.59 Å². The summed E-state index contributed by atoms with van der Waals surface area (Å²) in [5.41, 5.74) is 0.978. The minimum absolute atomic E-state index is 0.0539. The molecule has 3 atom stereocenters. The maximum absolute atomic E-state index is 13.1. The first kappa shape index (κ1) is 20.4. The number of nitrogens with zero attached hydrogens (tertiary/aromatic N) is 1. The number of likely N-dealkylation sites (tertiary alicyclic amines) is 1. The van der Waals surface area contributed by atoms with Gasteiger partial charge in [-0.2, -0.15) is 0 Å². The van der Waals surface area contributed by atoms with Gasteiger partial charge in [-0.1, -0.05) is 31.5 Å². The summed E-state index contributed by atoms with van der Waals surface area (Å²) in [7, 11) is 1.63. The van der Waals surface area contributed by atoms with Crippen molar-refractivity contribution in [3.8, 4) is 5.75 Å². The van der Waals surface area contributed by atoms with E-state index in [4.69, 9.17) is 4.74 Å². The largest absolute Gasteiger partial charge is 0.497 e. The first-order valence-electron chi connectivity index (χ1n) is 9.82. The number of benzene rings is 1. The molecule has 0 saturated carbocycles. The number of carbonyl (C=O) groups excluding carboxylic acids is 2. The van der Waals surface area contributed by atoms with Gasteiger partial charge in [0, 0.05) is 17.8 Å². The van der Waals surface area contributed by atoms with Gasteiger partial charge in [0.1, 0.15) is 5.75 Å². The molecule has 2 heterocycles. The number of rotatable bonds is 8. The van der Waals surface area contributed by atoms with Crippen molar-refractivity contribution >= 4 is 23.2 Å². The fourth-order valence-corrected chi connectivity index (χ4v) is 4.49. The van der Waals surface area contributed by atoms with Crippen molar-refractivity contribution in [1.29, 1.82) is 0 Å². The normalized spacial score (nSPS) is 20.2. The zero-order valence-electron chi connectivity index (χ0n) is 16.7. The molecule has 1 aliphatic rings. The van der Waals surface area contributed by atoms with E-state index in [9.17, 15) is 9.59 Å². The number of carbonyl (C=O) groups is 2. The number of methoxy groups -OCH3 is 1. The number of hydrogen-bond acceptors (Lipinski definition) is 4. The molecule has 6 heteroatoms. The third-order valence-electron chi connectivity index (χ3n) is 5.31. The summed E-state index contributed by atoms with van der Waals surface area (Å²) in [5, 5.41) is 5.12. The van der Waals surface area contributed by atoms with Crippen molar-refractivity contribution in [3.05, 3.63) is 52.2 Å². The van der Waals surface area contributed by atoms with E-state index in [-0.39, 0.29) is 36.2 Å². The van der Waals surface area contributed by atoms with Gasteiger partial charge in [-0.15, -0.1) is 11.3 Å². The molecule has 28 heavy (non-hydrogen) atoms. The lowest BCUT2D eigenvalue weighted by Gasteiger charge is -2.29. The van der Waals surface area contributed by atoms with E-state index in [2.05, 4.69) is 12.2 Å². The Balaban J connectivity index is 1.84. The van der Waals surface area contributed by atoms with E-state index in [0.717, 1.165) is 29.0 Å². The van der Waals surface area contributed by atoms with Crippen molar-refractivity contribution in [2.75, 3.05) is 13.7 Å². The van der Waals surface area contributed by atoms with Crippen LogP contribution in [0.3, 0.4) is 0 Å². The highest BCUT2D eigenvalue weighted by Crippen LogP contribution is 2.39. The monoisotopic (exact) mass is 400 g/mol. The van der Waals surface area contributed by atoms with Gasteiger partial charge in [0.2, 0.25) is 11.8 Å². The van der Waals surface area contributed by atoms with Crippen LogP contribution in [0.15, 0.2) is 41.8 Å². The minimum atomic E-state index is -0.389. The van der Waals surface area contributed by atoms with Crippen molar-refractivity contribution in [2.45, 2.75) is 45.2 Å². The van der Waals surface area contributed by atoms with Gasteiger partial charge in [-0.25, -0.2) is 0 Å². The fraction of sp³-hybridized carbons (Fsp3) is 0.455. The van der Waals surface area contributed by atoms with E-state index in [1.54, 1.807) is 18.4 Å². The Kier molecular flexibility index (Phi) is 6.73. The quantitative estimate of drug-likeness (QED) is 0.718. The number of ether oxygens (including phenoxy) is 1. The highest BCUT2D eigenvalue weighted by molar-refractivity contribution is 7.10. The summed E-state index contributed by atoms with van der Waals surface area (Å²) in [6.07, 6.45) is 2.19. The van der Waals surface area contributed by atoms with E-state index < -0.39 is 0 Å². The summed E-state index contributed by atoms with van der Waals surface area (Å²) in [5.74, 6) is 0.368. The molecule has 0 spiro atoms. The van der Waals surface area contributed by atoms with E-state index >= 15 is 0 Å². The molecule has 0 unspecified atom stereocenters. The van der Waals surface area contributed by atoms with Crippen molar-refractivity contribution in [3.63, 3.8) is 0 Å². The molecule has 2 amide bonds. The lowest BCUT2D eigenvalue weighted by atomic mass is 9.92. The predicted octanol–water partition coefficient (Wildman–Crippen LogP) is 4.32. The lowest BCUT2D eigenvalue weighted by molar-refractivity contribution is -0.129. The molecular weight excluding hydrogens is 372 g/mol. The Hall–Kier alpha value is -2.34. The molecule has 1 aliphatic heterocycles. The summed E-state index contributed by atoms with van der Waals surface area (Å²) >= 11 is 1.62. The minimum Gasteiger partial charge on any atom is -0.497 e. The van der Waals surface area contributed by atoms with Crippen molar-refractivity contribution < 1.29 is 14.3 Å². The van der Waals surface area contributed by atoms with Crippen LogP contribution < -0.4 is 10.1 Å². The maximum atomic E-state index is 13.1. The summed E-state index contributed by atoms with van der Waals surface area (Å²) in [6, 6.07) is 11.4. The van der Waals surface area contributed by atoms with Gasteiger partial charge in [0.05, 0.1) is 25.1 Å². The third-order valence-corrected chi connectivity index (χ3v) is 6.36. The molecule has 1 N–H and O–H groups in total. The van der Waals surface area contributed by atoms with Crippen LogP contribution in [0.25, 0.3) is 0 Å². The number of unbranched alkanes of at least 4 members (excludes halogenated alkanes) is 1. The average Bonchev–Trinajstić information content (AvgIpc) is 3.35. The first-order valence-corrected chi connectivity index (χ1v) is 10.7. The molecule has 1 fully saturated rings. The Bertz CT molecular complexity index is 789. The zero-order valence-corrected chi connectivity index (χ0v) is 17.5. The standard InChI is InChI=1S/C22H28N2O3S/c1-4-5-12-24-20(25)14-18(21(24)16-8-10-17(27-3)11-9-16)22(26)23-15(2)19-7-6-13-28-19/h6-11,13,15,18,21H,4-5,12,14H2,1-3H3,(H,23,26)/t15-,18-,21-/m0/s1. The molecular formula is C22H28N2O3S. The van der Waals surface area contributed by atoms with Gasteiger partial charge in [0.15, 0.2) is 0 Å². The second-order valence-corrected chi connectivity index (χ2v) is 8.19. The SMILES string of the molecule is CCCCN1C(=O)C[C@H](C(=O)N[C@@H](C)c2cccs2)[C@@H]1c1ccc(OC)cc1. The van der Waals surface area contributed by atoms with Gasteiger partial charge in [-0.05, 0) is 42.5 Å². The third kappa shape index (κ3) is 4.38. The number of thiophene rings is 1. The van der Waals surface area contributed by atoms with Crippen LogP contribution >= 0.6 is 11.3 Å². The van der Waals surface area contributed by atoms with Gasteiger partial charge < -0.3 is 15.0 Å². The van der Waals surface area contributed by atoms with E-state index in [1.165, 1.54) is 0 Å². The van der Waals surface area contributed by atoms with Crippen molar-refractivity contribution in [2.24, 2.45) is 5.92 Å². The molecule has 5 nitrogen and oxygen atoms in total. The number of hydrogen-bond donors (Lipinski definition) is 1. The average molecular weight is 401 g/mol. The van der Waals surface area contributed by atoms with Crippen LogP contribution in [0.1, 0.15) is 55.6 Å². The van der Waals surface area contributed by atoms with Crippen LogP contribution in [-0.4, -0.2) is 30.4 Å². The van der Waals surface area contributed by atoms with E-state index in [1.807, 2.05) is 53.6 Å². The molecule has 0 bridgehead atoms. The predicted molar refractivity (Wildman–Crippen MR) is 111 cm³/mol. The Morgan fingerprint density at radius 2 is 2.07 bits per heavy atom. The second kappa shape index (κ2) is 9.24. The van der Waals surface area contributed by atoms with Gasteiger partial charge in [0.25, 0.3) is 0 Å². The maximum Gasteiger partial charge on any atom is 0.226 e.